The second kappa shape index (κ2) is 9.61. The summed E-state index contributed by atoms with van der Waals surface area (Å²) in [5, 5.41) is 0. The molecule has 0 unspecified atom stereocenters. The molecule has 0 aromatic carbocycles. The van der Waals surface area contributed by atoms with Crippen molar-refractivity contribution >= 4 is 12.1 Å². The van der Waals surface area contributed by atoms with Gasteiger partial charge in [-0.1, -0.05) is 39.0 Å². The van der Waals surface area contributed by atoms with E-state index in [0.29, 0.717) is 19.6 Å². The first-order valence-electron chi connectivity index (χ1n) is 7.72. The summed E-state index contributed by atoms with van der Waals surface area (Å²) < 4.78 is 9.94. The number of methoxy groups -OCH3 is 1. The number of carbonyl (C=O) groups is 2. The first kappa shape index (κ1) is 16.8. The summed E-state index contributed by atoms with van der Waals surface area (Å²) in [5.74, 6) is -0.290. The highest BCUT2D eigenvalue weighted by Crippen LogP contribution is 2.19. The summed E-state index contributed by atoms with van der Waals surface area (Å²) in [6.07, 6.45) is 8.02. The molecule has 0 bridgehead atoms. The van der Waals surface area contributed by atoms with Gasteiger partial charge in [-0.25, -0.2) is 9.59 Å². The van der Waals surface area contributed by atoms with Crippen LogP contribution < -0.4 is 0 Å². The van der Waals surface area contributed by atoms with Crippen LogP contribution in [-0.2, 0) is 14.3 Å². The van der Waals surface area contributed by atoms with E-state index < -0.39 is 12.1 Å². The van der Waals surface area contributed by atoms with E-state index in [1.54, 1.807) is 0 Å². The Hall–Kier alpha value is -1.26. The minimum atomic E-state index is -0.456. The number of rotatable bonds is 8. The zero-order chi connectivity index (χ0) is 14.8. The molecule has 0 radical (unpaired) electrons. The van der Waals surface area contributed by atoms with Gasteiger partial charge in [0.2, 0.25) is 0 Å². The average molecular weight is 285 g/mol. The molecule has 0 aliphatic carbocycles. The van der Waals surface area contributed by atoms with Gasteiger partial charge < -0.3 is 9.47 Å². The normalized spacial score (nSPS) is 18.1. The molecule has 5 nitrogen and oxygen atoms in total. The quantitative estimate of drug-likeness (QED) is 0.508. The molecule has 1 heterocycles. The van der Waals surface area contributed by atoms with E-state index in [4.69, 9.17) is 4.74 Å². The lowest BCUT2D eigenvalue weighted by Gasteiger charge is -2.21. The molecule has 1 fully saturated rings. The lowest BCUT2D eigenvalue weighted by Crippen LogP contribution is -2.41. The van der Waals surface area contributed by atoms with Gasteiger partial charge in [-0.3, -0.25) is 4.90 Å². The molecule has 116 valence electrons. The molecule has 0 aromatic rings. The first-order valence-corrected chi connectivity index (χ1v) is 7.72. The standard InChI is InChI=1S/C15H27NO4/c1-3-4-5-6-7-8-12-20-14(17)13-10-9-11-16(13)15(18)19-2/h13H,3-12H2,1-2H3/t13-/m0/s1. The van der Waals surface area contributed by atoms with Gasteiger partial charge in [-0.05, 0) is 19.3 Å². The smallest absolute Gasteiger partial charge is 0.410 e. The van der Waals surface area contributed by atoms with E-state index in [1.807, 2.05) is 0 Å². The fourth-order valence-corrected chi connectivity index (χ4v) is 2.50. The minimum Gasteiger partial charge on any atom is -0.464 e. The predicted octanol–water partition coefficient (Wildman–Crippen LogP) is 3.12. The van der Waals surface area contributed by atoms with Crippen LogP contribution in [0.3, 0.4) is 0 Å². The fourth-order valence-electron chi connectivity index (χ4n) is 2.50. The molecule has 0 aromatic heterocycles. The van der Waals surface area contributed by atoms with Gasteiger partial charge in [0, 0.05) is 6.54 Å². The number of carbonyl (C=O) groups excluding carboxylic acids is 2. The Morgan fingerprint density at radius 1 is 1.15 bits per heavy atom. The van der Waals surface area contributed by atoms with E-state index >= 15 is 0 Å². The highest BCUT2D eigenvalue weighted by molar-refractivity contribution is 5.82. The Morgan fingerprint density at radius 2 is 1.85 bits per heavy atom. The molecule has 1 saturated heterocycles. The Bertz CT molecular complexity index is 306. The van der Waals surface area contributed by atoms with Crippen LogP contribution in [0.25, 0.3) is 0 Å². The third-order valence-electron chi connectivity index (χ3n) is 3.68. The Labute approximate surface area is 121 Å². The molecular weight excluding hydrogens is 258 g/mol. The van der Waals surface area contributed by atoms with Gasteiger partial charge in [-0.15, -0.1) is 0 Å². The van der Waals surface area contributed by atoms with Gasteiger partial charge in [0.25, 0.3) is 0 Å². The van der Waals surface area contributed by atoms with E-state index in [1.165, 1.54) is 37.7 Å². The molecule has 0 saturated carbocycles. The summed E-state index contributed by atoms with van der Waals surface area (Å²) in [4.78, 5) is 24.9. The maximum atomic E-state index is 11.9. The van der Waals surface area contributed by atoms with E-state index in [-0.39, 0.29) is 5.97 Å². The van der Waals surface area contributed by atoms with Gasteiger partial charge in [0.1, 0.15) is 6.04 Å². The monoisotopic (exact) mass is 285 g/mol. The van der Waals surface area contributed by atoms with Crippen LogP contribution in [0.1, 0.15) is 58.3 Å². The summed E-state index contributed by atoms with van der Waals surface area (Å²) in [6.45, 7) is 3.22. The Kier molecular flexibility index (Phi) is 8.07. The van der Waals surface area contributed by atoms with Crippen LogP contribution >= 0.6 is 0 Å². The van der Waals surface area contributed by atoms with E-state index in [9.17, 15) is 9.59 Å². The van der Waals surface area contributed by atoms with Crippen molar-refractivity contribution in [2.45, 2.75) is 64.3 Å². The van der Waals surface area contributed by atoms with Crippen LogP contribution in [0.15, 0.2) is 0 Å². The number of nitrogens with zero attached hydrogens (tertiary/aromatic N) is 1. The first-order chi connectivity index (χ1) is 9.70. The number of esters is 1. The van der Waals surface area contributed by atoms with E-state index in [2.05, 4.69) is 11.7 Å². The molecule has 1 rings (SSSR count). The van der Waals surface area contributed by atoms with Gasteiger partial charge >= 0.3 is 12.1 Å². The third kappa shape index (κ3) is 5.39. The fraction of sp³-hybridized carbons (Fsp3) is 0.867. The van der Waals surface area contributed by atoms with Crippen molar-refractivity contribution in [3.05, 3.63) is 0 Å². The maximum absolute atomic E-state index is 11.9. The topological polar surface area (TPSA) is 55.8 Å². The SMILES string of the molecule is CCCCCCCCOC(=O)[C@@H]1CCCN1C(=O)OC. The molecule has 1 amide bonds. The van der Waals surface area contributed by atoms with Crippen molar-refractivity contribution < 1.29 is 19.1 Å². The number of likely N-dealkylation sites (tertiary alicyclic amines) is 1. The third-order valence-corrected chi connectivity index (χ3v) is 3.68. The number of ether oxygens (including phenoxy) is 2. The molecule has 0 N–H and O–H groups in total. The predicted molar refractivity (Wildman–Crippen MR) is 76.5 cm³/mol. The Morgan fingerprint density at radius 3 is 2.55 bits per heavy atom. The molecule has 20 heavy (non-hydrogen) atoms. The van der Waals surface area contributed by atoms with Crippen molar-refractivity contribution in [1.29, 1.82) is 0 Å². The van der Waals surface area contributed by atoms with Crippen LogP contribution in [0.5, 0.6) is 0 Å². The zero-order valence-electron chi connectivity index (χ0n) is 12.7. The molecule has 0 spiro atoms. The number of unbranched alkanes of at least 4 members (excludes halogenated alkanes) is 5. The van der Waals surface area contributed by atoms with Crippen LogP contribution in [-0.4, -0.2) is 43.3 Å². The average Bonchev–Trinajstić information content (AvgIpc) is 2.94. The van der Waals surface area contributed by atoms with Gasteiger partial charge in [0.15, 0.2) is 0 Å². The van der Waals surface area contributed by atoms with Crippen LogP contribution in [0, 0.1) is 0 Å². The van der Waals surface area contributed by atoms with Crippen molar-refractivity contribution in [1.82, 2.24) is 4.90 Å². The largest absolute Gasteiger partial charge is 0.464 e. The maximum Gasteiger partial charge on any atom is 0.410 e. The van der Waals surface area contributed by atoms with Crippen molar-refractivity contribution in [2.75, 3.05) is 20.3 Å². The number of hydrogen-bond donors (Lipinski definition) is 0. The highest BCUT2D eigenvalue weighted by atomic mass is 16.6. The summed E-state index contributed by atoms with van der Waals surface area (Å²) in [7, 11) is 1.33. The molecular formula is C15H27NO4. The lowest BCUT2D eigenvalue weighted by molar-refractivity contribution is -0.148. The van der Waals surface area contributed by atoms with Crippen LogP contribution in [0.4, 0.5) is 4.79 Å². The highest BCUT2D eigenvalue weighted by Gasteiger charge is 2.35. The minimum absolute atomic E-state index is 0.290. The zero-order valence-corrected chi connectivity index (χ0v) is 12.7. The number of amides is 1. The van der Waals surface area contributed by atoms with E-state index in [0.717, 1.165) is 19.3 Å². The van der Waals surface area contributed by atoms with Gasteiger partial charge in [-0.2, -0.15) is 0 Å². The molecule has 1 aliphatic rings. The molecule has 1 aliphatic heterocycles. The van der Waals surface area contributed by atoms with Gasteiger partial charge in [0.05, 0.1) is 13.7 Å². The van der Waals surface area contributed by atoms with Crippen molar-refractivity contribution in [3.8, 4) is 0 Å². The molecule has 5 heteroatoms. The van der Waals surface area contributed by atoms with Crippen LogP contribution in [0.2, 0.25) is 0 Å². The summed E-state index contributed by atoms with van der Waals surface area (Å²) >= 11 is 0. The summed E-state index contributed by atoms with van der Waals surface area (Å²) in [6, 6.07) is -0.456. The lowest BCUT2D eigenvalue weighted by atomic mass is 10.1. The second-order valence-electron chi connectivity index (χ2n) is 5.26. The Balaban J connectivity index is 2.17. The molecule has 1 atom stereocenters. The number of hydrogen-bond acceptors (Lipinski definition) is 4. The second-order valence-corrected chi connectivity index (χ2v) is 5.26. The van der Waals surface area contributed by atoms with Crippen molar-refractivity contribution in [2.24, 2.45) is 0 Å². The van der Waals surface area contributed by atoms with Crippen molar-refractivity contribution in [3.63, 3.8) is 0 Å². The summed E-state index contributed by atoms with van der Waals surface area (Å²) in [5.41, 5.74) is 0.